The molecule has 0 saturated carbocycles. The molecule has 2 heteroatoms. The highest BCUT2D eigenvalue weighted by Crippen LogP contribution is 2.38. The number of anilines is 2. The van der Waals surface area contributed by atoms with E-state index in [1.54, 1.807) is 0 Å². The average Bonchev–Trinajstić information content (AvgIpc) is 3.31. The summed E-state index contributed by atoms with van der Waals surface area (Å²) in [6.07, 6.45) is 0. The molecule has 0 atom stereocenters. The lowest BCUT2D eigenvalue weighted by Gasteiger charge is -2.23. The van der Waals surface area contributed by atoms with Crippen LogP contribution in [0.1, 0.15) is 0 Å². The molecule has 1 aromatic heterocycles. The summed E-state index contributed by atoms with van der Waals surface area (Å²) < 4.78 is 2.41. The van der Waals surface area contributed by atoms with E-state index in [1.807, 2.05) is 0 Å². The maximum Gasteiger partial charge on any atom is 0.0542 e. The molecule has 7 aromatic rings. The standard InChI is InChI=1S/C35H26N2/c1-36(27-21-19-26(20-22-27)25-11-3-2-4-12-25)32-23-24-35(29-14-6-5-13-28(29)32)37-33-17-9-7-15-30(33)31-16-8-10-18-34(31)37/h2-24H,1H3. The first-order valence-corrected chi connectivity index (χ1v) is 12.7. The summed E-state index contributed by atoms with van der Waals surface area (Å²) in [6.45, 7) is 0. The molecule has 2 nitrogen and oxygen atoms in total. The van der Waals surface area contributed by atoms with Gasteiger partial charge in [-0.25, -0.2) is 0 Å². The van der Waals surface area contributed by atoms with Crippen molar-refractivity contribution in [3.63, 3.8) is 0 Å². The van der Waals surface area contributed by atoms with E-state index in [2.05, 4.69) is 156 Å². The molecule has 0 radical (unpaired) electrons. The van der Waals surface area contributed by atoms with Crippen LogP contribution in [-0.2, 0) is 0 Å². The predicted octanol–water partition coefficient (Wildman–Crippen LogP) is 9.37. The van der Waals surface area contributed by atoms with E-state index in [9.17, 15) is 0 Å². The molecule has 0 unspecified atom stereocenters. The summed E-state index contributed by atoms with van der Waals surface area (Å²) >= 11 is 0. The van der Waals surface area contributed by atoms with Gasteiger partial charge in [-0.1, -0.05) is 103 Å². The van der Waals surface area contributed by atoms with Crippen molar-refractivity contribution in [1.29, 1.82) is 0 Å². The number of nitrogens with zero attached hydrogens (tertiary/aromatic N) is 2. The highest BCUT2D eigenvalue weighted by molar-refractivity contribution is 6.11. The smallest absolute Gasteiger partial charge is 0.0542 e. The van der Waals surface area contributed by atoms with Crippen molar-refractivity contribution in [2.75, 3.05) is 11.9 Å². The highest BCUT2D eigenvalue weighted by atomic mass is 15.1. The summed E-state index contributed by atoms with van der Waals surface area (Å²) in [4.78, 5) is 2.28. The van der Waals surface area contributed by atoms with Crippen LogP contribution < -0.4 is 4.90 Å². The normalized spacial score (nSPS) is 11.4. The van der Waals surface area contributed by atoms with Crippen LogP contribution in [0.5, 0.6) is 0 Å². The summed E-state index contributed by atoms with van der Waals surface area (Å²) in [5, 5.41) is 5.03. The minimum atomic E-state index is 1.16. The molecule has 1 heterocycles. The fourth-order valence-corrected chi connectivity index (χ4v) is 5.58. The molecule has 176 valence electrons. The molecule has 0 aliphatic carbocycles. The van der Waals surface area contributed by atoms with Gasteiger partial charge in [-0.2, -0.15) is 0 Å². The highest BCUT2D eigenvalue weighted by Gasteiger charge is 2.16. The second kappa shape index (κ2) is 8.69. The first kappa shape index (κ1) is 21.5. The average molecular weight is 475 g/mol. The minimum Gasteiger partial charge on any atom is -0.344 e. The zero-order valence-corrected chi connectivity index (χ0v) is 20.7. The van der Waals surface area contributed by atoms with Gasteiger partial charge in [0, 0.05) is 40.0 Å². The third kappa shape index (κ3) is 3.49. The summed E-state index contributed by atoms with van der Waals surface area (Å²) in [6, 6.07) is 50.0. The number of hydrogen-bond acceptors (Lipinski definition) is 1. The number of aromatic nitrogens is 1. The van der Waals surface area contributed by atoms with Crippen molar-refractivity contribution in [2.45, 2.75) is 0 Å². The molecule has 0 bridgehead atoms. The summed E-state index contributed by atoms with van der Waals surface area (Å²) in [5.74, 6) is 0. The Morgan fingerprint density at radius 2 is 0.946 bits per heavy atom. The summed E-state index contributed by atoms with van der Waals surface area (Å²) in [7, 11) is 2.15. The van der Waals surface area contributed by atoms with Crippen LogP contribution >= 0.6 is 0 Å². The number of fused-ring (bicyclic) bond motifs is 4. The Morgan fingerprint density at radius 1 is 0.432 bits per heavy atom. The van der Waals surface area contributed by atoms with E-state index < -0.39 is 0 Å². The van der Waals surface area contributed by atoms with Crippen molar-refractivity contribution < 1.29 is 0 Å². The number of hydrogen-bond donors (Lipinski definition) is 0. The lowest BCUT2D eigenvalue weighted by Crippen LogP contribution is -2.10. The first-order valence-electron chi connectivity index (χ1n) is 12.7. The zero-order chi connectivity index (χ0) is 24.8. The largest absolute Gasteiger partial charge is 0.344 e. The van der Waals surface area contributed by atoms with Gasteiger partial charge in [0.2, 0.25) is 0 Å². The number of rotatable bonds is 4. The van der Waals surface area contributed by atoms with Crippen molar-refractivity contribution in [2.24, 2.45) is 0 Å². The van der Waals surface area contributed by atoms with Crippen molar-refractivity contribution in [3.05, 3.63) is 140 Å². The molecular formula is C35H26N2. The van der Waals surface area contributed by atoms with Crippen LogP contribution in [0.4, 0.5) is 11.4 Å². The molecule has 37 heavy (non-hydrogen) atoms. The van der Waals surface area contributed by atoms with E-state index in [4.69, 9.17) is 0 Å². The monoisotopic (exact) mass is 474 g/mol. The molecule has 0 N–H and O–H groups in total. The van der Waals surface area contributed by atoms with E-state index in [0.29, 0.717) is 0 Å². The summed E-state index contributed by atoms with van der Waals surface area (Å²) in [5.41, 5.74) is 8.46. The Hall–Kier alpha value is -4.82. The molecule has 0 aliphatic heterocycles. The van der Waals surface area contributed by atoms with Gasteiger partial charge in [-0.15, -0.1) is 0 Å². The van der Waals surface area contributed by atoms with E-state index in [-0.39, 0.29) is 0 Å². The zero-order valence-electron chi connectivity index (χ0n) is 20.7. The van der Waals surface area contributed by atoms with Gasteiger partial charge in [0.05, 0.1) is 16.7 Å². The molecule has 0 amide bonds. The third-order valence-electron chi connectivity index (χ3n) is 7.42. The Morgan fingerprint density at radius 3 is 1.59 bits per heavy atom. The van der Waals surface area contributed by atoms with E-state index in [0.717, 1.165) is 5.69 Å². The van der Waals surface area contributed by atoms with Gasteiger partial charge in [-0.05, 0) is 47.5 Å². The van der Waals surface area contributed by atoms with Crippen LogP contribution in [-0.4, -0.2) is 11.6 Å². The van der Waals surface area contributed by atoms with Gasteiger partial charge in [-0.3, -0.25) is 0 Å². The maximum absolute atomic E-state index is 2.41. The number of para-hydroxylation sites is 2. The fraction of sp³-hybridized carbons (Fsp3) is 0.0286. The molecular weight excluding hydrogens is 448 g/mol. The van der Waals surface area contributed by atoms with Gasteiger partial charge in [0.1, 0.15) is 0 Å². The molecule has 0 spiro atoms. The fourth-order valence-electron chi connectivity index (χ4n) is 5.58. The molecule has 0 aliphatic rings. The van der Waals surface area contributed by atoms with Gasteiger partial charge in [0.25, 0.3) is 0 Å². The maximum atomic E-state index is 2.41. The molecule has 7 rings (SSSR count). The quantitative estimate of drug-likeness (QED) is 0.247. The second-order valence-electron chi connectivity index (χ2n) is 9.49. The van der Waals surface area contributed by atoms with Crippen LogP contribution in [0, 0.1) is 0 Å². The van der Waals surface area contributed by atoms with Crippen LogP contribution in [0.3, 0.4) is 0 Å². The van der Waals surface area contributed by atoms with Gasteiger partial charge in [0.15, 0.2) is 0 Å². The number of benzene rings is 6. The minimum absolute atomic E-state index is 1.16. The Labute approximate surface area is 216 Å². The second-order valence-corrected chi connectivity index (χ2v) is 9.49. The van der Waals surface area contributed by atoms with Crippen molar-refractivity contribution >= 4 is 44.0 Å². The topological polar surface area (TPSA) is 8.17 Å². The molecule has 6 aromatic carbocycles. The van der Waals surface area contributed by atoms with E-state index in [1.165, 1.54) is 55.1 Å². The molecule has 0 saturated heterocycles. The Balaban J connectivity index is 1.37. The van der Waals surface area contributed by atoms with Crippen molar-refractivity contribution in [3.8, 4) is 16.8 Å². The molecule has 0 fully saturated rings. The SMILES string of the molecule is CN(c1ccc(-c2ccccc2)cc1)c1ccc(-n2c3ccccc3c3ccccc32)c2ccccc12. The van der Waals surface area contributed by atoms with E-state index >= 15 is 0 Å². The van der Waals surface area contributed by atoms with Gasteiger partial charge < -0.3 is 9.47 Å². The lowest BCUT2D eigenvalue weighted by atomic mass is 10.0. The Kier molecular flexibility index (Phi) is 5.04. The lowest BCUT2D eigenvalue weighted by molar-refractivity contribution is 1.18. The van der Waals surface area contributed by atoms with Crippen LogP contribution in [0.25, 0.3) is 49.4 Å². The predicted molar refractivity (Wildman–Crippen MR) is 158 cm³/mol. The third-order valence-corrected chi connectivity index (χ3v) is 7.42. The van der Waals surface area contributed by atoms with Crippen LogP contribution in [0.2, 0.25) is 0 Å². The Bertz CT molecular complexity index is 1830. The van der Waals surface area contributed by atoms with Crippen LogP contribution in [0.15, 0.2) is 140 Å². The van der Waals surface area contributed by atoms with Crippen molar-refractivity contribution in [1.82, 2.24) is 4.57 Å². The first-order chi connectivity index (χ1) is 18.3. The van der Waals surface area contributed by atoms with Gasteiger partial charge >= 0.3 is 0 Å².